The van der Waals surface area contributed by atoms with Crippen molar-refractivity contribution in [2.45, 2.75) is 11.3 Å². The molecule has 10 nitrogen and oxygen atoms in total. The summed E-state index contributed by atoms with van der Waals surface area (Å²) >= 11 is 5.30. The summed E-state index contributed by atoms with van der Waals surface area (Å²) in [6, 6.07) is 14.8. The number of aromatic nitrogens is 2. The van der Waals surface area contributed by atoms with Crippen LogP contribution in [0.4, 0.5) is 11.6 Å². The first-order valence-corrected chi connectivity index (χ1v) is 11.4. The minimum Gasteiger partial charge on any atom is -0.273 e. The van der Waals surface area contributed by atoms with Gasteiger partial charge in [-0.05, 0) is 54.7 Å². The Kier molecular flexibility index (Phi) is 5.94. The van der Waals surface area contributed by atoms with E-state index in [0.717, 1.165) is 9.80 Å². The number of hydrogen-bond acceptors (Lipinski definition) is 8. The van der Waals surface area contributed by atoms with Gasteiger partial charge in [-0.15, -0.1) is 0 Å². The first kappa shape index (κ1) is 22.2. The van der Waals surface area contributed by atoms with Gasteiger partial charge in [0.1, 0.15) is 6.42 Å². The predicted octanol–water partition coefficient (Wildman–Crippen LogP) is 1.97. The number of carbonyl (C=O) groups excluding carboxylic acids is 3. The number of nitrogens with one attached hydrogen (secondary N) is 1. The van der Waals surface area contributed by atoms with E-state index in [0.29, 0.717) is 0 Å². The number of hydrogen-bond donors (Lipinski definition) is 1. The second-order valence-electron chi connectivity index (χ2n) is 6.76. The van der Waals surface area contributed by atoms with Gasteiger partial charge in [-0.3, -0.25) is 19.3 Å². The lowest BCUT2D eigenvalue weighted by Crippen LogP contribution is -2.57. The van der Waals surface area contributed by atoms with E-state index in [-0.39, 0.29) is 27.2 Å². The van der Waals surface area contributed by atoms with Gasteiger partial charge in [-0.25, -0.2) is 28.0 Å². The van der Waals surface area contributed by atoms with Gasteiger partial charge in [0.15, 0.2) is 5.11 Å². The SMILES string of the molecule is O=C1CC(=O)N(c2ccc(S(=O)(=O)Nc3ncccn3)cc2)C(=S)N1C(=O)c1ccccc1. The minimum absolute atomic E-state index is 0.0949. The highest BCUT2D eigenvalue weighted by Crippen LogP contribution is 2.25. The number of amides is 3. The van der Waals surface area contributed by atoms with E-state index in [1.165, 1.54) is 48.8 Å². The molecule has 0 radical (unpaired) electrons. The maximum atomic E-state index is 12.8. The third-order valence-electron chi connectivity index (χ3n) is 4.60. The van der Waals surface area contributed by atoms with Crippen LogP contribution in [-0.2, 0) is 19.6 Å². The lowest BCUT2D eigenvalue weighted by Gasteiger charge is -2.34. The molecule has 1 aliphatic heterocycles. The third-order valence-corrected chi connectivity index (χ3v) is 6.31. The molecule has 0 unspecified atom stereocenters. The largest absolute Gasteiger partial charge is 0.273 e. The Morgan fingerprint density at radius 1 is 0.909 bits per heavy atom. The zero-order valence-electron chi connectivity index (χ0n) is 16.8. The maximum Gasteiger partial charge on any atom is 0.266 e. The molecule has 12 heteroatoms. The monoisotopic (exact) mass is 481 g/mol. The Balaban J connectivity index is 1.60. The molecule has 0 aliphatic carbocycles. The Morgan fingerprint density at radius 2 is 1.55 bits per heavy atom. The summed E-state index contributed by atoms with van der Waals surface area (Å²) in [5.74, 6) is -2.12. The van der Waals surface area contributed by atoms with Crippen LogP contribution in [0, 0.1) is 0 Å². The summed E-state index contributed by atoms with van der Waals surface area (Å²) < 4.78 is 27.4. The van der Waals surface area contributed by atoms with Crippen LogP contribution in [0.2, 0.25) is 0 Å². The van der Waals surface area contributed by atoms with Crippen molar-refractivity contribution in [1.29, 1.82) is 0 Å². The number of rotatable bonds is 5. The first-order chi connectivity index (χ1) is 15.8. The van der Waals surface area contributed by atoms with E-state index in [9.17, 15) is 22.8 Å². The molecule has 0 bridgehead atoms. The molecule has 2 aromatic carbocycles. The van der Waals surface area contributed by atoms with Gasteiger partial charge in [0.05, 0.1) is 10.6 Å². The van der Waals surface area contributed by atoms with Crippen molar-refractivity contribution in [2.75, 3.05) is 9.62 Å². The van der Waals surface area contributed by atoms with Crippen molar-refractivity contribution < 1.29 is 22.8 Å². The summed E-state index contributed by atoms with van der Waals surface area (Å²) in [6.07, 6.45) is 2.22. The van der Waals surface area contributed by atoms with Crippen molar-refractivity contribution in [3.05, 3.63) is 78.6 Å². The molecule has 1 aliphatic rings. The van der Waals surface area contributed by atoms with E-state index in [1.54, 1.807) is 24.3 Å². The zero-order chi connectivity index (χ0) is 23.6. The minimum atomic E-state index is -3.99. The van der Waals surface area contributed by atoms with Crippen molar-refractivity contribution in [2.24, 2.45) is 0 Å². The molecule has 3 amide bonds. The van der Waals surface area contributed by atoms with E-state index in [1.807, 2.05) is 0 Å². The number of nitrogens with zero attached hydrogens (tertiary/aromatic N) is 4. The fraction of sp³-hybridized carbons (Fsp3) is 0.0476. The van der Waals surface area contributed by atoms with E-state index in [4.69, 9.17) is 12.2 Å². The molecule has 2 heterocycles. The maximum absolute atomic E-state index is 12.8. The summed E-state index contributed by atoms with van der Waals surface area (Å²) in [4.78, 5) is 47.2. The van der Waals surface area contributed by atoms with Crippen LogP contribution in [0.25, 0.3) is 0 Å². The molecule has 1 saturated heterocycles. The van der Waals surface area contributed by atoms with Crippen molar-refractivity contribution >= 4 is 56.7 Å². The highest BCUT2D eigenvalue weighted by Gasteiger charge is 2.40. The molecule has 4 rings (SSSR count). The van der Waals surface area contributed by atoms with Crippen LogP contribution in [0.15, 0.2) is 78.0 Å². The van der Waals surface area contributed by atoms with Gasteiger partial charge in [-0.1, -0.05) is 18.2 Å². The summed E-state index contributed by atoms with van der Waals surface area (Å²) in [6.45, 7) is 0. The van der Waals surface area contributed by atoms with Crippen molar-refractivity contribution in [1.82, 2.24) is 14.9 Å². The van der Waals surface area contributed by atoms with Crippen molar-refractivity contribution in [3.8, 4) is 0 Å². The second-order valence-corrected chi connectivity index (χ2v) is 8.81. The Morgan fingerprint density at radius 3 is 2.18 bits per heavy atom. The predicted molar refractivity (Wildman–Crippen MR) is 122 cm³/mol. The summed E-state index contributed by atoms with van der Waals surface area (Å²) in [5, 5.41) is -0.309. The van der Waals surface area contributed by atoms with Crippen LogP contribution >= 0.6 is 12.2 Å². The Hall–Kier alpha value is -4.03. The number of thiocarbonyl (C=S) groups is 1. The van der Waals surface area contributed by atoms with Gasteiger partial charge in [-0.2, -0.15) is 0 Å². The smallest absolute Gasteiger partial charge is 0.266 e. The first-order valence-electron chi connectivity index (χ1n) is 9.47. The quantitative estimate of drug-likeness (QED) is 0.333. The Labute approximate surface area is 193 Å². The summed E-state index contributed by atoms with van der Waals surface area (Å²) in [5.41, 5.74) is 0.441. The lowest BCUT2D eigenvalue weighted by molar-refractivity contribution is -0.132. The second kappa shape index (κ2) is 8.84. The average molecular weight is 482 g/mol. The molecular weight excluding hydrogens is 466 g/mol. The molecule has 0 saturated carbocycles. The van der Waals surface area contributed by atoms with E-state index < -0.39 is 34.2 Å². The number of carbonyl (C=O) groups is 3. The summed E-state index contributed by atoms with van der Waals surface area (Å²) in [7, 11) is -3.99. The molecular formula is C21H15N5O5S2. The van der Waals surface area contributed by atoms with Gasteiger partial charge >= 0.3 is 0 Å². The van der Waals surface area contributed by atoms with Crippen LogP contribution < -0.4 is 9.62 Å². The lowest BCUT2D eigenvalue weighted by atomic mass is 10.1. The molecule has 0 spiro atoms. The third kappa shape index (κ3) is 4.47. The fourth-order valence-corrected chi connectivity index (χ4v) is 4.42. The number of imide groups is 1. The standard InChI is InChI=1S/C21H15N5O5S2/c27-17-13-18(28)26(19(29)14-5-2-1-3-6-14)21(32)25(17)15-7-9-16(10-8-15)33(30,31)24-20-22-11-4-12-23-20/h1-12H,13H2,(H,22,23,24). The van der Waals surface area contributed by atoms with Gasteiger partial charge in [0.2, 0.25) is 17.8 Å². The number of anilines is 2. The van der Waals surface area contributed by atoms with Gasteiger partial charge in [0.25, 0.3) is 15.9 Å². The molecule has 1 aromatic heterocycles. The molecule has 1 N–H and O–H groups in total. The molecule has 0 atom stereocenters. The molecule has 1 fully saturated rings. The molecule has 166 valence electrons. The van der Waals surface area contributed by atoms with Crippen LogP contribution in [0.5, 0.6) is 0 Å². The highest BCUT2D eigenvalue weighted by molar-refractivity contribution is 7.92. The van der Waals surface area contributed by atoms with Gasteiger partial charge in [0, 0.05) is 18.0 Å². The molecule has 33 heavy (non-hydrogen) atoms. The van der Waals surface area contributed by atoms with Crippen molar-refractivity contribution in [3.63, 3.8) is 0 Å². The highest BCUT2D eigenvalue weighted by atomic mass is 32.2. The zero-order valence-corrected chi connectivity index (χ0v) is 18.4. The van der Waals surface area contributed by atoms with Crippen LogP contribution in [0.3, 0.4) is 0 Å². The van der Waals surface area contributed by atoms with E-state index >= 15 is 0 Å². The normalized spacial score (nSPS) is 14.4. The van der Waals surface area contributed by atoms with Gasteiger partial charge < -0.3 is 0 Å². The fourth-order valence-electron chi connectivity index (χ4n) is 3.07. The number of sulfonamides is 1. The molecule has 3 aromatic rings. The topological polar surface area (TPSA) is 130 Å². The number of benzene rings is 2. The van der Waals surface area contributed by atoms with Crippen LogP contribution in [0.1, 0.15) is 16.8 Å². The average Bonchev–Trinajstić information content (AvgIpc) is 2.80. The van der Waals surface area contributed by atoms with E-state index in [2.05, 4.69) is 14.7 Å². The Bertz CT molecular complexity index is 1350. The van der Waals surface area contributed by atoms with Crippen LogP contribution in [-0.4, -0.2) is 46.1 Å².